The molecule has 0 aromatic heterocycles. The van der Waals surface area contributed by atoms with E-state index in [1.165, 1.54) is 25.7 Å². The fourth-order valence-electron chi connectivity index (χ4n) is 3.61. The summed E-state index contributed by atoms with van der Waals surface area (Å²) in [7, 11) is 0. The van der Waals surface area contributed by atoms with E-state index in [-0.39, 0.29) is 6.54 Å². The first kappa shape index (κ1) is 14.8. The Kier molecular flexibility index (Phi) is 5.22. The summed E-state index contributed by atoms with van der Waals surface area (Å²) >= 11 is 0. The molecule has 2 rings (SSSR count). The highest BCUT2D eigenvalue weighted by atomic mass is 16.4. The van der Waals surface area contributed by atoms with Gasteiger partial charge in [-0.15, -0.1) is 0 Å². The monoisotopic (exact) mass is 268 g/mol. The molecule has 0 spiro atoms. The lowest BCUT2D eigenvalue weighted by Crippen LogP contribution is -2.52. The number of hydrogen-bond donors (Lipinski definition) is 1. The van der Waals surface area contributed by atoms with Gasteiger partial charge < -0.3 is 5.11 Å². The van der Waals surface area contributed by atoms with Crippen LogP contribution in [0.2, 0.25) is 0 Å². The van der Waals surface area contributed by atoms with E-state index in [0.29, 0.717) is 0 Å². The lowest BCUT2D eigenvalue weighted by molar-refractivity contribution is -0.138. The third kappa shape index (κ3) is 4.18. The molecule has 1 saturated carbocycles. The zero-order chi connectivity index (χ0) is 13.8. The number of piperazine rings is 1. The Bertz CT molecular complexity index is 291. The van der Waals surface area contributed by atoms with Crippen molar-refractivity contribution in [2.45, 2.75) is 45.6 Å². The first-order valence-electron chi connectivity index (χ1n) is 7.74. The largest absolute Gasteiger partial charge is 0.480 e. The SMILES string of the molecule is CC(C)C1CCC(N2CCN(CC(=O)O)CC2)CC1. The van der Waals surface area contributed by atoms with E-state index < -0.39 is 5.97 Å². The van der Waals surface area contributed by atoms with E-state index in [0.717, 1.165) is 44.1 Å². The molecule has 0 radical (unpaired) electrons. The van der Waals surface area contributed by atoms with Crippen LogP contribution in [0.4, 0.5) is 0 Å². The van der Waals surface area contributed by atoms with Crippen molar-refractivity contribution in [1.29, 1.82) is 0 Å². The van der Waals surface area contributed by atoms with Gasteiger partial charge >= 0.3 is 5.97 Å². The summed E-state index contributed by atoms with van der Waals surface area (Å²) in [6.45, 7) is 8.81. The summed E-state index contributed by atoms with van der Waals surface area (Å²) in [4.78, 5) is 15.3. The second kappa shape index (κ2) is 6.71. The molecule has 4 nitrogen and oxygen atoms in total. The Labute approximate surface area is 116 Å². The molecule has 2 aliphatic rings. The van der Waals surface area contributed by atoms with E-state index in [1.807, 2.05) is 0 Å². The smallest absolute Gasteiger partial charge is 0.317 e. The Morgan fingerprint density at radius 3 is 2.16 bits per heavy atom. The predicted octanol–water partition coefficient (Wildman–Crippen LogP) is 1.90. The summed E-state index contributed by atoms with van der Waals surface area (Å²) in [6, 6.07) is 0.752. The molecule has 4 heteroatoms. The lowest BCUT2D eigenvalue weighted by atomic mass is 9.79. The van der Waals surface area contributed by atoms with Gasteiger partial charge in [0.05, 0.1) is 6.54 Å². The molecule has 0 unspecified atom stereocenters. The van der Waals surface area contributed by atoms with Crippen molar-refractivity contribution < 1.29 is 9.90 Å². The maximum absolute atomic E-state index is 10.7. The van der Waals surface area contributed by atoms with Gasteiger partial charge in [0.1, 0.15) is 0 Å². The second-order valence-corrected chi connectivity index (χ2v) is 6.52. The summed E-state index contributed by atoms with van der Waals surface area (Å²) in [5.74, 6) is 1.05. The minimum absolute atomic E-state index is 0.202. The van der Waals surface area contributed by atoms with Crippen molar-refractivity contribution in [3.05, 3.63) is 0 Å². The van der Waals surface area contributed by atoms with Crippen LogP contribution in [-0.4, -0.2) is 59.6 Å². The van der Waals surface area contributed by atoms with Crippen LogP contribution >= 0.6 is 0 Å². The first-order chi connectivity index (χ1) is 9.06. The Morgan fingerprint density at radius 1 is 1.11 bits per heavy atom. The fourth-order valence-corrected chi connectivity index (χ4v) is 3.61. The summed E-state index contributed by atoms with van der Waals surface area (Å²) < 4.78 is 0. The molecule has 1 saturated heterocycles. The average Bonchev–Trinajstić information content (AvgIpc) is 2.39. The standard InChI is InChI=1S/C15H28N2O2/c1-12(2)13-3-5-14(6-4-13)17-9-7-16(8-10-17)11-15(18)19/h12-14H,3-11H2,1-2H3,(H,18,19). The van der Waals surface area contributed by atoms with Crippen LogP contribution in [0.3, 0.4) is 0 Å². The van der Waals surface area contributed by atoms with Crippen LogP contribution < -0.4 is 0 Å². The number of nitrogens with zero attached hydrogens (tertiary/aromatic N) is 2. The van der Waals surface area contributed by atoms with Crippen LogP contribution in [0.25, 0.3) is 0 Å². The van der Waals surface area contributed by atoms with Gasteiger partial charge in [-0.1, -0.05) is 13.8 Å². The number of hydrogen-bond acceptors (Lipinski definition) is 3. The zero-order valence-electron chi connectivity index (χ0n) is 12.3. The first-order valence-corrected chi connectivity index (χ1v) is 7.74. The summed E-state index contributed by atoms with van der Waals surface area (Å²) in [5.41, 5.74) is 0. The Morgan fingerprint density at radius 2 is 1.68 bits per heavy atom. The van der Waals surface area contributed by atoms with Gasteiger partial charge in [0.15, 0.2) is 0 Å². The molecule has 1 aliphatic carbocycles. The maximum Gasteiger partial charge on any atom is 0.317 e. The molecule has 2 fully saturated rings. The number of carboxylic acids is 1. The van der Waals surface area contributed by atoms with Crippen molar-refractivity contribution in [1.82, 2.24) is 9.80 Å². The normalized spacial score (nSPS) is 30.7. The van der Waals surface area contributed by atoms with Crippen molar-refractivity contribution >= 4 is 5.97 Å². The van der Waals surface area contributed by atoms with Gasteiger partial charge in [-0.3, -0.25) is 14.6 Å². The molecule has 1 aliphatic heterocycles. The molecule has 0 atom stereocenters. The Hall–Kier alpha value is -0.610. The lowest BCUT2D eigenvalue weighted by Gasteiger charge is -2.42. The molecule has 0 aromatic carbocycles. The van der Waals surface area contributed by atoms with Gasteiger partial charge in [-0.25, -0.2) is 0 Å². The number of rotatable bonds is 4. The van der Waals surface area contributed by atoms with Crippen molar-refractivity contribution in [2.24, 2.45) is 11.8 Å². The highest BCUT2D eigenvalue weighted by Gasteiger charge is 2.29. The molecule has 0 bridgehead atoms. The topological polar surface area (TPSA) is 43.8 Å². The predicted molar refractivity (Wildman–Crippen MR) is 76.2 cm³/mol. The second-order valence-electron chi connectivity index (χ2n) is 6.52. The van der Waals surface area contributed by atoms with E-state index in [4.69, 9.17) is 5.11 Å². The quantitative estimate of drug-likeness (QED) is 0.846. The molecule has 19 heavy (non-hydrogen) atoms. The van der Waals surface area contributed by atoms with Crippen molar-refractivity contribution in [3.63, 3.8) is 0 Å². The minimum Gasteiger partial charge on any atom is -0.480 e. The number of carboxylic acid groups (broad SMARTS) is 1. The van der Waals surface area contributed by atoms with Crippen LogP contribution in [-0.2, 0) is 4.79 Å². The van der Waals surface area contributed by atoms with Crippen LogP contribution in [0.15, 0.2) is 0 Å². The molecular weight excluding hydrogens is 240 g/mol. The highest BCUT2D eigenvalue weighted by molar-refractivity contribution is 5.69. The van der Waals surface area contributed by atoms with Crippen molar-refractivity contribution in [3.8, 4) is 0 Å². The number of carbonyl (C=O) groups is 1. The third-order valence-corrected chi connectivity index (χ3v) is 4.97. The van der Waals surface area contributed by atoms with Crippen LogP contribution in [0.1, 0.15) is 39.5 Å². The van der Waals surface area contributed by atoms with Gasteiger partial charge in [0.25, 0.3) is 0 Å². The molecule has 0 amide bonds. The zero-order valence-corrected chi connectivity index (χ0v) is 12.3. The molecule has 0 aromatic rings. The maximum atomic E-state index is 10.7. The van der Waals surface area contributed by atoms with E-state index in [9.17, 15) is 4.79 Å². The van der Waals surface area contributed by atoms with Gasteiger partial charge in [0.2, 0.25) is 0 Å². The van der Waals surface area contributed by atoms with Crippen LogP contribution in [0, 0.1) is 11.8 Å². The average molecular weight is 268 g/mol. The summed E-state index contributed by atoms with van der Waals surface area (Å²) in [5, 5.41) is 8.81. The van der Waals surface area contributed by atoms with Crippen LogP contribution in [0.5, 0.6) is 0 Å². The summed E-state index contributed by atoms with van der Waals surface area (Å²) in [6.07, 6.45) is 5.42. The number of aliphatic carboxylic acids is 1. The minimum atomic E-state index is -0.703. The third-order valence-electron chi connectivity index (χ3n) is 4.97. The fraction of sp³-hybridized carbons (Fsp3) is 0.933. The van der Waals surface area contributed by atoms with E-state index in [1.54, 1.807) is 0 Å². The molecule has 1 heterocycles. The van der Waals surface area contributed by atoms with E-state index in [2.05, 4.69) is 23.6 Å². The molecule has 1 N–H and O–H groups in total. The Balaban J connectivity index is 1.72. The molecule has 110 valence electrons. The van der Waals surface area contributed by atoms with Gasteiger partial charge in [-0.2, -0.15) is 0 Å². The van der Waals surface area contributed by atoms with E-state index >= 15 is 0 Å². The van der Waals surface area contributed by atoms with Gasteiger partial charge in [-0.05, 0) is 37.5 Å². The van der Waals surface area contributed by atoms with Gasteiger partial charge in [0, 0.05) is 32.2 Å². The molecular formula is C15H28N2O2. The van der Waals surface area contributed by atoms with Crippen molar-refractivity contribution in [2.75, 3.05) is 32.7 Å². The highest BCUT2D eigenvalue weighted by Crippen LogP contribution is 2.32.